The van der Waals surface area contributed by atoms with Gasteiger partial charge in [0.05, 0.1) is 37.1 Å². The predicted octanol–water partition coefficient (Wildman–Crippen LogP) is 4.15. The molecule has 40 heavy (non-hydrogen) atoms. The highest BCUT2D eigenvalue weighted by Gasteiger charge is 2.21. The fraction of sp³-hybridized carbons (Fsp3) is 0.400. The van der Waals surface area contributed by atoms with Crippen molar-refractivity contribution in [1.29, 1.82) is 5.26 Å². The first-order chi connectivity index (χ1) is 19.5. The molecule has 2 aliphatic rings. The van der Waals surface area contributed by atoms with Gasteiger partial charge in [0, 0.05) is 42.4 Å². The quantitative estimate of drug-likeness (QED) is 0.432. The first-order valence-electron chi connectivity index (χ1n) is 13.6. The van der Waals surface area contributed by atoms with Crippen molar-refractivity contribution in [3.8, 4) is 28.8 Å². The molecular formula is C30H34N6O4. The number of ether oxygens (including phenoxy) is 3. The zero-order chi connectivity index (χ0) is 27.9. The van der Waals surface area contributed by atoms with Crippen LogP contribution in [0.4, 0.5) is 11.6 Å². The standard InChI is InChI=1S/C30H34N6O4/c1-36-13-8-22(9-14-36)33-29(37)25-5-4-23(18-28(25)38-2)34-30-32-12-7-26(35-30)20-3-6-27(21(17-20)19-31)40-24-10-15-39-16-11-24/h3-7,12,17-18,22,24H,8-11,13-16H2,1-2H3,(H,33,37)(H,32,34,35). The van der Waals surface area contributed by atoms with Gasteiger partial charge in [-0.1, -0.05) is 0 Å². The molecule has 1 aromatic heterocycles. The molecule has 2 aliphatic heterocycles. The number of rotatable bonds is 8. The largest absolute Gasteiger partial charge is 0.496 e. The van der Waals surface area contributed by atoms with Gasteiger partial charge in [-0.15, -0.1) is 0 Å². The summed E-state index contributed by atoms with van der Waals surface area (Å²) in [5.74, 6) is 1.26. The molecule has 2 aromatic carbocycles. The van der Waals surface area contributed by atoms with Gasteiger partial charge in [0.1, 0.15) is 23.7 Å². The lowest BCUT2D eigenvalue weighted by Gasteiger charge is -2.29. The van der Waals surface area contributed by atoms with Crippen molar-refractivity contribution in [1.82, 2.24) is 20.2 Å². The first kappa shape index (κ1) is 27.4. The Kier molecular flexibility index (Phi) is 8.74. The topological polar surface area (TPSA) is 122 Å². The second-order valence-electron chi connectivity index (χ2n) is 10.1. The van der Waals surface area contributed by atoms with Gasteiger partial charge in [0.25, 0.3) is 5.91 Å². The maximum Gasteiger partial charge on any atom is 0.255 e. The number of nitrogens with zero attached hydrogens (tertiary/aromatic N) is 4. The number of amides is 1. The maximum absolute atomic E-state index is 12.9. The van der Waals surface area contributed by atoms with Crippen molar-refractivity contribution in [2.45, 2.75) is 37.8 Å². The van der Waals surface area contributed by atoms with E-state index < -0.39 is 0 Å². The molecule has 5 rings (SSSR count). The number of likely N-dealkylation sites (tertiary alicyclic amines) is 1. The van der Waals surface area contributed by atoms with Gasteiger partial charge in [-0.2, -0.15) is 5.26 Å². The van der Waals surface area contributed by atoms with Crippen LogP contribution in [0.15, 0.2) is 48.7 Å². The normalized spacial score (nSPS) is 16.6. The van der Waals surface area contributed by atoms with Crippen molar-refractivity contribution < 1.29 is 19.0 Å². The fourth-order valence-electron chi connectivity index (χ4n) is 4.93. The third-order valence-corrected chi connectivity index (χ3v) is 7.27. The third kappa shape index (κ3) is 6.68. The summed E-state index contributed by atoms with van der Waals surface area (Å²) in [6, 6.07) is 15.0. The number of hydrogen-bond donors (Lipinski definition) is 2. The molecule has 2 fully saturated rings. The third-order valence-electron chi connectivity index (χ3n) is 7.27. The minimum atomic E-state index is -0.145. The van der Waals surface area contributed by atoms with E-state index in [0.717, 1.165) is 44.3 Å². The molecule has 0 radical (unpaired) electrons. The van der Waals surface area contributed by atoms with Crippen molar-refractivity contribution >= 4 is 17.5 Å². The van der Waals surface area contributed by atoms with Crippen molar-refractivity contribution in [2.75, 3.05) is 45.8 Å². The molecule has 0 atom stereocenters. The molecule has 208 valence electrons. The molecule has 0 bridgehead atoms. The summed E-state index contributed by atoms with van der Waals surface area (Å²) < 4.78 is 17.0. The molecule has 10 nitrogen and oxygen atoms in total. The van der Waals surface area contributed by atoms with E-state index >= 15 is 0 Å². The SMILES string of the molecule is COc1cc(Nc2nccc(-c3ccc(OC4CCOCC4)c(C#N)c3)n2)ccc1C(=O)NC1CCN(C)CC1. The summed E-state index contributed by atoms with van der Waals surface area (Å²) in [5.41, 5.74) is 3.06. The molecule has 2 saturated heterocycles. The van der Waals surface area contributed by atoms with Crippen LogP contribution in [0, 0.1) is 11.3 Å². The lowest BCUT2D eigenvalue weighted by molar-refractivity contribution is 0.0254. The van der Waals surface area contributed by atoms with Crippen LogP contribution in [0.25, 0.3) is 11.3 Å². The van der Waals surface area contributed by atoms with Crippen LogP contribution >= 0.6 is 0 Å². The van der Waals surface area contributed by atoms with E-state index in [2.05, 4.69) is 38.6 Å². The van der Waals surface area contributed by atoms with Crippen LogP contribution in [0.3, 0.4) is 0 Å². The van der Waals surface area contributed by atoms with Crippen LogP contribution in [-0.4, -0.2) is 73.4 Å². The lowest BCUT2D eigenvalue weighted by atomic mass is 10.0. The Balaban J connectivity index is 1.28. The number of nitriles is 1. The van der Waals surface area contributed by atoms with Crippen LogP contribution in [0.1, 0.15) is 41.6 Å². The molecule has 3 aromatic rings. The van der Waals surface area contributed by atoms with E-state index in [4.69, 9.17) is 14.2 Å². The Morgan fingerprint density at radius 1 is 1.07 bits per heavy atom. The molecule has 2 N–H and O–H groups in total. The number of piperidine rings is 1. The highest BCUT2D eigenvalue weighted by Crippen LogP contribution is 2.29. The van der Waals surface area contributed by atoms with Crippen LogP contribution in [0.2, 0.25) is 0 Å². The van der Waals surface area contributed by atoms with Gasteiger partial charge < -0.3 is 29.7 Å². The zero-order valence-corrected chi connectivity index (χ0v) is 22.9. The van der Waals surface area contributed by atoms with Crippen molar-refractivity contribution in [2.24, 2.45) is 0 Å². The maximum atomic E-state index is 12.9. The highest BCUT2D eigenvalue weighted by atomic mass is 16.5. The second kappa shape index (κ2) is 12.8. The minimum absolute atomic E-state index is 0.0466. The number of methoxy groups -OCH3 is 1. The van der Waals surface area contributed by atoms with Crippen molar-refractivity contribution in [3.63, 3.8) is 0 Å². The van der Waals surface area contributed by atoms with Crippen LogP contribution in [0.5, 0.6) is 11.5 Å². The van der Waals surface area contributed by atoms with E-state index in [-0.39, 0.29) is 18.1 Å². The number of carbonyl (C=O) groups excluding carboxylic acids is 1. The first-order valence-corrected chi connectivity index (χ1v) is 13.6. The molecule has 10 heteroatoms. The van der Waals surface area contributed by atoms with E-state index in [0.29, 0.717) is 53.2 Å². The van der Waals surface area contributed by atoms with Crippen molar-refractivity contribution in [3.05, 3.63) is 59.8 Å². The number of aromatic nitrogens is 2. The number of benzene rings is 2. The van der Waals surface area contributed by atoms with Gasteiger partial charge in [-0.3, -0.25) is 4.79 Å². The molecule has 1 amide bonds. The smallest absolute Gasteiger partial charge is 0.255 e. The summed E-state index contributed by atoms with van der Waals surface area (Å²) in [6.07, 6.45) is 5.18. The van der Waals surface area contributed by atoms with Gasteiger partial charge in [-0.05, 0) is 69.4 Å². The van der Waals surface area contributed by atoms with Gasteiger partial charge in [0.2, 0.25) is 5.95 Å². The number of anilines is 2. The molecule has 0 saturated carbocycles. The molecule has 0 unspecified atom stereocenters. The number of hydrogen-bond acceptors (Lipinski definition) is 9. The molecule has 0 spiro atoms. The van der Waals surface area contributed by atoms with Gasteiger partial charge in [-0.25, -0.2) is 9.97 Å². The summed E-state index contributed by atoms with van der Waals surface area (Å²) in [7, 11) is 3.64. The van der Waals surface area contributed by atoms with E-state index in [1.807, 2.05) is 12.1 Å². The average Bonchev–Trinajstić information content (AvgIpc) is 2.99. The Bertz CT molecular complexity index is 1380. The molecular weight excluding hydrogens is 508 g/mol. The van der Waals surface area contributed by atoms with Gasteiger partial charge >= 0.3 is 0 Å². The molecule has 3 heterocycles. The highest BCUT2D eigenvalue weighted by molar-refractivity contribution is 5.97. The summed E-state index contributed by atoms with van der Waals surface area (Å²) in [6.45, 7) is 3.27. The van der Waals surface area contributed by atoms with Crippen LogP contribution < -0.4 is 20.1 Å². The zero-order valence-electron chi connectivity index (χ0n) is 22.9. The Hall–Kier alpha value is -4.20. The van der Waals surface area contributed by atoms with E-state index in [9.17, 15) is 10.1 Å². The lowest BCUT2D eigenvalue weighted by Crippen LogP contribution is -2.43. The van der Waals surface area contributed by atoms with E-state index in [1.54, 1.807) is 43.6 Å². The summed E-state index contributed by atoms with van der Waals surface area (Å²) in [4.78, 5) is 24.2. The summed E-state index contributed by atoms with van der Waals surface area (Å²) in [5, 5.41) is 16.1. The summed E-state index contributed by atoms with van der Waals surface area (Å²) >= 11 is 0. The van der Waals surface area contributed by atoms with Crippen LogP contribution in [-0.2, 0) is 4.74 Å². The minimum Gasteiger partial charge on any atom is -0.496 e. The Morgan fingerprint density at radius 2 is 1.88 bits per heavy atom. The van der Waals surface area contributed by atoms with E-state index in [1.165, 1.54) is 0 Å². The predicted molar refractivity (Wildman–Crippen MR) is 151 cm³/mol. The number of carbonyl (C=O) groups is 1. The number of nitrogens with one attached hydrogen (secondary N) is 2. The molecule has 0 aliphatic carbocycles. The average molecular weight is 543 g/mol. The Morgan fingerprint density at radius 3 is 2.62 bits per heavy atom. The monoisotopic (exact) mass is 542 g/mol. The fourth-order valence-corrected chi connectivity index (χ4v) is 4.93. The second-order valence-corrected chi connectivity index (χ2v) is 10.1. The Labute approximate surface area is 234 Å². The van der Waals surface area contributed by atoms with Gasteiger partial charge in [0.15, 0.2) is 0 Å².